The maximum Gasteiger partial charge on any atom is 0.107 e. The Kier molecular flexibility index (Phi) is 3.65. The van der Waals surface area contributed by atoms with E-state index < -0.39 is 0 Å². The van der Waals surface area contributed by atoms with Crippen LogP contribution in [-0.2, 0) is 4.74 Å². The van der Waals surface area contributed by atoms with Crippen LogP contribution in [0.15, 0.2) is 17.5 Å². The molecule has 0 amide bonds. The second kappa shape index (κ2) is 5.20. The van der Waals surface area contributed by atoms with E-state index in [0.29, 0.717) is 12.7 Å². The first-order valence-electron chi connectivity index (χ1n) is 5.23. The normalized spacial score (nSPS) is 17.7. The zero-order valence-electron chi connectivity index (χ0n) is 8.69. The molecule has 15 heavy (non-hydrogen) atoms. The molecular formula is C12H15NOS. The molecule has 1 aromatic heterocycles. The molecule has 0 aliphatic carbocycles. The Labute approximate surface area is 94.9 Å². The van der Waals surface area contributed by atoms with Crippen LogP contribution < -0.4 is 4.90 Å². The first-order chi connectivity index (χ1) is 7.40. The van der Waals surface area contributed by atoms with Crippen molar-refractivity contribution in [1.29, 1.82) is 0 Å². The first kappa shape index (κ1) is 10.5. The van der Waals surface area contributed by atoms with E-state index in [1.54, 1.807) is 11.3 Å². The van der Waals surface area contributed by atoms with Crippen molar-refractivity contribution in [3.05, 3.63) is 17.5 Å². The van der Waals surface area contributed by atoms with E-state index in [1.807, 2.05) is 0 Å². The van der Waals surface area contributed by atoms with Crippen LogP contribution in [0.2, 0.25) is 0 Å². The fourth-order valence-corrected chi connectivity index (χ4v) is 2.64. The lowest BCUT2D eigenvalue weighted by Crippen LogP contribution is -2.36. The largest absolute Gasteiger partial charge is 0.365 e. The van der Waals surface area contributed by atoms with Crippen LogP contribution in [0.4, 0.5) is 5.00 Å². The van der Waals surface area contributed by atoms with Crippen LogP contribution in [0, 0.1) is 12.3 Å². The summed E-state index contributed by atoms with van der Waals surface area (Å²) in [5.41, 5.74) is 0. The summed E-state index contributed by atoms with van der Waals surface area (Å²) in [6, 6.07) is 4.27. The van der Waals surface area contributed by atoms with Gasteiger partial charge >= 0.3 is 0 Å². The lowest BCUT2D eigenvalue weighted by Gasteiger charge is -2.32. The van der Waals surface area contributed by atoms with Crippen molar-refractivity contribution >= 4 is 16.3 Å². The van der Waals surface area contributed by atoms with Gasteiger partial charge in [0.15, 0.2) is 0 Å². The smallest absolute Gasteiger partial charge is 0.107 e. The molecule has 0 bridgehead atoms. The van der Waals surface area contributed by atoms with Gasteiger partial charge in [0.25, 0.3) is 0 Å². The number of terminal acetylenes is 1. The summed E-state index contributed by atoms with van der Waals surface area (Å²) in [7, 11) is 0. The molecule has 1 fully saturated rings. The number of hydrogen-bond acceptors (Lipinski definition) is 3. The monoisotopic (exact) mass is 221 g/mol. The van der Waals surface area contributed by atoms with Gasteiger partial charge in [0.1, 0.15) is 6.61 Å². The molecule has 0 aromatic carbocycles. The third-order valence-corrected chi connectivity index (χ3v) is 3.59. The maximum atomic E-state index is 5.54. The van der Waals surface area contributed by atoms with E-state index in [4.69, 9.17) is 11.2 Å². The van der Waals surface area contributed by atoms with Crippen LogP contribution in [0.25, 0.3) is 0 Å². The molecular weight excluding hydrogens is 206 g/mol. The molecule has 0 unspecified atom stereocenters. The van der Waals surface area contributed by atoms with Crippen molar-refractivity contribution in [1.82, 2.24) is 0 Å². The lowest BCUT2D eigenvalue weighted by molar-refractivity contribution is 0.0596. The molecule has 0 atom stereocenters. The molecule has 2 heterocycles. The molecule has 0 radical (unpaired) electrons. The van der Waals surface area contributed by atoms with Crippen LogP contribution in [-0.4, -0.2) is 25.8 Å². The number of nitrogens with zero attached hydrogens (tertiary/aromatic N) is 1. The van der Waals surface area contributed by atoms with Gasteiger partial charge in [-0.25, -0.2) is 0 Å². The van der Waals surface area contributed by atoms with Crippen LogP contribution in [0.3, 0.4) is 0 Å². The van der Waals surface area contributed by atoms with Crippen molar-refractivity contribution < 1.29 is 4.74 Å². The summed E-state index contributed by atoms with van der Waals surface area (Å²) in [6.07, 6.45) is 7.69. The number of anilines is 1. The fourth-order valence-electron chi connectivity index (χ4n) is 1.86. The van der Waals surface area contributed by atoms with Crippen molar-refractivity contribution in [2.24, 2.45) is 0 Å². The zero-order valence-corrected chi connectivity index (χ0v) is 9.50. The van der Waals surface area contributed by atoms with Crippen LogP contribution in [0.5, 0.6) is 0 Å². The number of thiophene rings is 1. The predicted molar refractivity (Wildman–Crippen MR) is 64.3 cm³/mol. The predicted octanol–water partition coefficient (Wildman–Crippen LogP) is 2.37. The lowest BCUT2D eigenvalue weighted by atomic mass is 10.1. The van der Waals surface area contributed by atoms with Gasteiger partial charge in [-0.3, -0.25) is 0 Å². The standard InChI is InChI=1S/C12H15NOS/c1-2-9-14-11-5-7-13(8-6-11)12-4-3-10-15-12/h1,3-4,10-11H,5-9H2. The second-order valence-electron chi connectivity index (χ2n) is 3.65. The molecule has 2 rings (SSSR count). The third kappa shape index (κ3) is 2.74. The summed E-state index contributed by atoms with van der Waals surface area (Å²) in [6.45, 7) is 2.61. The zero-order chi connectivity index (χ0) is 10.5. The van der Waals surface area contributed by atoms with Crippen LogP contribution >= 0.6 is 11.3 Å². The molecule has 0 spiro atoms. The van der Waals surface area contributed by atoms with Gasteiger partial charge in [-0.05, 0) is 30.4 Å². The van der Waals surface area contributed by atoms with E-state index in [2.05, 4.69) is 28.3 Å². The highest BCUT2D eigenvalue weighted by molar-refractivity contribution is 7.14. The third-order valence-electron chi connectivity index (χ3n) is 2.66. The van der Waals surface area contributed by atoms with E-state index >= 15 is 0 Å². The van der Waals surface area contributed by atoms with E-state index in [-0.39, 0.29) is 0 Å². The van der Waals surface area contributed by atoms with Gasteiger partial charge in [0.2, 0.25) is 0 Å². The quantitative estimate of drug-likeness (QED) is 0.727. The Morgan fingerprint density at radius 2 is 2.33 bits per heavy atom. The minimum absolute atomic E-state index is 0.359. The van der Waals surface area contributed by atoms with Gasteiger partial charge in [0, 0.05) is 13.1 Å². The number of hydrogen-bond donors (Lipinski definition) is 0. The van der Waals surface area contributed by atoms with Gasteiger partial charge in [-0.2, -0.15) is 0 Å². The average Bonchev–Trinajstić information content (AvgIpc) is 2.80. The number of ether oxygens (including phenoxy) is 1. The van der Waals surface area contributed by atoms with Gasteiger partial charge in [-0.1, -0.05) is 5.92 Å². The summed E-state index contributed by atoms with van der Waals surface area (Å²) < 4.78 is 5.54. The minimum Gasteiger partial charge on any atom is -0.365 e. The van der Waals surface area contributed by atoms with Crippen molar-refractivity contribution in [3.8, 4) is 12.3 Å². The highest BCUT2D eigenvalue weighted by Crippen LogP contribution is 2.25. The molecule has 80 valence electrons. The van der Waals surface area contributed by atoms with Gasteiger partial charge < -0.3 is 9.64 Å². The van der Waals surface area contributed by atoms with Crippen LogP contribution in [0.1, 0.15) is 12.8 Å². The fraction of sp³-hybridized carbons (Fsp3) is 0.500. The molecule has 1 aliphatic heterocycles. The molecule has 1 aromatic rings. The Bertz CT molecular complexity index is 320. The molecule has 1 aliphatic rings. The van der Waals surface area contributed by atoms with Crippen molar-refractivity contribution in [2.75, 3.05) is 24.6 Å². The second-order valence-corrected chi connectivity index (χ2v) is 4.58. The first-order valence-corrected chi connectivity index (χ1v) is 6.11. The van der Waals surface area contributed by atoms with Gasteiger partial charge in [-0.15, -0.1) is 17.8 Å². The van der Waals surface area contributed by atoms with E-state index in [9.17, 15) is 0 Å². The molecule has 0 saturated carbocycles. The molecule has 0 N–H and O–H groups in total. The minimum atomic E-state index is 0.359. The Morgan fingerprint density at radius 1 is 1.53 bits per heavy atom. The number of rotatable bonds is 3. The van der Waals surface area contributed by atoms with Crippen molar-refractivity contribution in [2.45, 2.75) is 18.9 Å². The Balaban J connectivity index is 1.80. The van der Waals surface area contributed by atoms with E-state index in [1.165, 1.54) is 5.00 Å². The Morgan fingerprint density at radius 3 is 2.93 bits per heavy atom. The van der Waals surface area contributed by atoms with Gasteiger partial charge in [0.05, 0.1) is 11.1 Å². The molecule has 3 heteroatoms. The topological polar surface area (TPSA) is 12.5 Å². The highest BCUT2D eigenvalue weighted by atomic mass is 32.1. The number of piperidine rings is 1. The average molecular weight is 221 g/mol. The maximum absolute atomic E-state index is 5.54. The highest BCUT2D eigenvalue weighted by Gasteiger charge is 2.19. The SMILES string of the molecule is C#CCOC1CCN(c2cccs2)CC1. The summed E-state index contributed by atoms with van der Waals surface area (Å²) >= 11 is 1.80. The Hall–Kier alpha value is -0.980. The van der Waals surface area contributed by atoms with E-state index in [0.717, 1.165) is 25.9 Å². The van der Waals surface area contributed by atoms with Crippen molar-refractivity contribution in [3.63, 3.8) is 0 Å². The summed E-state index contributed by atoms with van der Waals surface area (Å²) in [5, 5.41) is 3.49. The summed E-state index contributed by atoms with van der Waals surface area (Å²) in [4.78, 5) is 2.42. The molecule has 2 nitrogen and oxygen atoms in total. The summed E-state index contributed by atoms with van der Waals surface area (Å²) in [5.74, 6) is 2.52. The molecule has 1 saturated heterocycles.